The maximum absolute atomic E-state index is 10.4. The summed E-state index contributed by atoms with van der Waals surface area (Å²) < 4.78 is 5.35. The fraction of sp³-hybridized carbons (Fsp3) is 0.909. The van der Waals surface area contributed by atoms with E-state index in [2.05, 4.69) is 18.9 Å². The highest BCUT2D eigenvalue weighted by molar-refractivity contribution is 5.66. The highest BCUT2D eigenvalue weighted by atomic mass is 16.5. The van der Waals surface area contributed by atoms with E-state index in [1.807, 2.05) is 0 Å². The molecule has 4 nitrogen and oxygen atoms in total. The number of aliphatic carboxylic acids is 1. The van der Waals surface area contributed by atoms with Gasteiger partial charge < -0.3 is 14.7 Å². The number of carbonyl (C=O) groups is 1. The van der Waals surface area contributed by atoms with Gasteiger partial charge in [0, 0.05) is 19.1 Å². The molecular formula is C11H21NO3. The number of hydrogen-bond acceptors (Lipinski definition) is 3. The van der Waals surface area contributed by atoms with Crippen LogP contribution in [0.5, 0.6) is 0 Å². The molecule has 1 heterocycles. The minimum atomic E-state index is -0.708. The molecule has 0 radical (unpaired) electrons. The predicted octanol–water partition coefficient (Wildman–Crippen LogP) is 1.21. The summed E-state index contributed by atoms with van der Waals surface area (Å²) in [6.45, 7) is 4.77. The van der Waals surface area contributed by atoms with Crippen LogP contribution >= 0.6 is 0 Å². The molecule has 1 fully saturated rings. The van der Waals surface area contributed by atoms with Crippen molar-refractivity contribution in [3.05, 3.63) is 0 Å². The smallest absolute Gasteiger partial charge is 0.303 e. The quantitative estimate of drug-likeness (QED) is 0.723. The first-order chi connectivity index (χ1) is 7.11. The molecule has 1 aliphatic heterocycles. The van der Waals surface area contributed by atoms with E-state index in [-0.39, 0.29) is 6.42 Å². The summed E-state index contributed by atoms with van der Waals surface area (Å²) in [6, 6.07) is 0.487. The Labute approximate surface area is 91.2 Å². The Kier molecular flexibility index (Phi) is 5.05. The fourth-order valence-electron chi connectivity index (χ4n) is 1.98. The first-order valence-electron chi connectivity index (χ1n) is 5.61. The van der Waals surface area contributed by atoms with E-state index in [0.29, 0.717) is 12.0 Å². The number of hydrogen-bond donors (Lipinski definition) is 1. The molecule has 0 aromatic rings. The van der Waals surface area contributed by atoms with Crippen molar-refractivity contribution in [1.82, 2.24) is 4.90 Å². The van der Waals surface area contributed by atoms with Crippen molar-refractivity contribution in [1.29, 1.82) is 0 Å². The lowest BCUT2D eigenvalue weighted by Gasteiger charge is -2.28. The Morgan fingerprint density at radius 2 is 2.40 bits per heavy atom. The van der Waals surface area contributed by atoms with Crippen LogP contribution in [0.15, 0.2) is 0 Å². The van der Waals surface area contributed by atoms with Crippen LogP contribution in [0.25, 0.3) is 0 Å². The average molecular weight is 215 g/mol. The molecule has 88 valence electrons. The normalized spacial score (nSPS) is 23.3. The van der Waals surface area contributed by atoms with Crippen molar-refractivity contribution in [2.24, 2.45) is 5.92 Å². The Hall–Kier alpha value is -0.610. The third-order valence-electron chi connectivity index (χ3n) is 3.24. The summed E-state index contributed by atoms with van der Waals surface area (Å²) >= 11 is 0. The van der Waals surface area contributed by atoms with E-state index < -0.39 is 5.97 Å². The lowest BCUT2D eigenvalue weighted by atomic mass is 9.99. The molecule has 0 aliphatic carbocycles. The second-order valence-electron chi connectivity index (χ2n) is 4.34. The first kappa shape index (κ1) is 12.5. The van der Waals surface area contributed by atoms with Crippen molar-refractivity contribution >= 4 is 5.97 Å². The third kappa shape index (κ3) is 4.18. The summed E-state index contributed by atoms with van der Waals surface area (Å²) in [6.07, 6.45) is 2.12. The lowest BCUT2D eigenvalue weighted by Crippen LogP contribution is -2.36. The molecule has 0 bridgehead atoms. The van der Waals surface area contributed by atoms with Gasteiger partial charge >= 0.3 is 5.97 Å². The highest BCUT2D eigenvalue weighted by Gasteiger charge is 2.24. The molecule has 15 heavy (non-hydrogen) atoms. The summed E-state index contributed by atoms with van der Waals surface area (Å²) in [5.74, 6) is -0.0971. The van der Waals surface area contributed by atoms with Gasteiger partial charge in [0.1, 0.15) is 0 Å². The molecule has 0 aromatic heterocycles. The van der Waals surface area contributed by atoms with Crippen LogP contribution < -0.4 is 0 Å². The zero-order valence-corrected chi connectivity index (χ0v) is 9.61. The van der Waals surface area contributed by atoms with E-state index in [1.54, 1.807) is 0 Å². The standard InChI is InChI=1S/C11H21NO3/c1-9(10-5-7-15-8-10)12(2)6-3-4-11(13)14/h9-10H,3-8H2,1-2H3,(H,13,14). The van der Waals surface area contributed by atoms with Crippen molar-refractivity contribution in [3.8, 4) is 0 Å². The molecule has 0 aromatic carbocycles. The Bertz CT molecular complexity index is 202. The summed E-state index contributed by atoms with van der Waals surface area (Å²) in [5, 5.41) is 8.54. The van der Waals surface area contributed by atoms with Crippen LogP contribution in [-0.2, 0) is 9.53 Å². The van der Waals surface area contributed by atoms with Gasteiger partial charge in [-0.25, -0.2) is 0 Å². The molecule has 1 N–H and O–H groups in total. The number of carboxylic acid groups (broad SMARTS) is 1. The number of ether oxygens (including phenoxy) is 1. The largest absolute Gasteiger partial charge is 0.481 e. The molecule has 0 saturated carbocycles. The van der Waals surface area contributed by atoms with Crippen LogP contribution in [0.1, 0.15) is 26.2 Å². The van der Waals surface area contributed by atoms with Crippen molar-refractivity contribution in [2.75, 3.05) is 26.8 Å². The molecule has 2 atom stereocenters. The average Bonchev–Trinajstić information content (AvgIpc) is 2.68. The number of carboxylic acids is 1. The van der Waals surface area contributed by atoms with Crippen LogP contribution in [0.2, 0.25) is 0 Å². The van der Waals surface area contributed by atoms with Gasteiger partial charge in [0.2, 0.25) is 0 Å². The maximum Gasteiger partial charge on any atom is 0.303 e. The van der Waals surface area contributed by atoms with Crippen LogP contribution in [0, 0.1) is 5.92 Å². The highest BCUT2D eigenvalue weighted by Crippen LogP contribution is 2.20. The molecule has 0 spiro atoms. The van der Waals surface area contributed by atoms with Gasteiger partial charge in [0.15, 0.2) is 0 Å². The van der Waals surface area contributed by atoms with Gasteiger partial charge in [-0.15, -0.1) is 0 Å². The minimum Gasteiger partial charge on any atom is -0.481 e. The van der Waals surface area contributed by atoms with Gasteiger partial charge in [-0.05, 0) is 39.3 Å². The maximum atomic E-state index is 10.4. The molecule has 2 unspecified atom stereocenters. The van der Waals surface area contributed by atoms with Crippen LogP contribution in [-0.4, -0.2) is 48.8 Å². The molecule has 0 amide bonds. The van der Waals surface area contributed by atoms with Gasteiger partial charge in [0.05, 0.1) is 6.61 Å². The van der Waals surface area contributed by atoms with Crippen molar-refractivity contribution < 1.29 is 14.6 Å². The predicted molar refractivity (Wildman–Crippen MR) is 57.9 cm³/mol. The van der Waals surface area contributed by atoms with E-state index in [9.17, 15) is 4.79 Å². The monoisotopic (exact) mass is 215 g/mol. The molecule has 1 saturated heterocycles. The van der Waals surface area contributed by atoms with Gasteiger partial charge in [-0.1, -0.05) is 0 Å². The fourth-order valence-corrected chi connectivity index (χ4v) is 1.98. The Morgan fingerprint density at radius 1 is 1.67 bits per heavy atom. The minimum absolute atomic E-state index is 0.262. The van der Waals surface area contributed by atoms with Gasteiger partial charge in [0.25, 0.3) is 0 Å². The Morgan fingerprint density at radius 3 is 2.93 bits per heavy atom. The summed E-state index contributed by atoms with van der Waals surface area (Å²) in [5.41, 5.74) is 0. The summed E-state index contributed by atoms with van der Waals surface area (Å²) in [7, 11) is 2.06. The van der Waals surface area contributed by atoms with E-state index >= 15 is 0 Å². The van der Waals surface area contributed by atoms with E-state index in [0.717, 1.165) is 32.6 Å². The van der Waals surface area contributed by atoms with E-state index in [1.165, 1.54) is 0 Å². The van der Waals surface area contributed by atoms with Gasteiger partial charge in [-0.2, -0.15) is 0 Å². The second-order valence-corrected chi connectivity index (χ2v) is 4.34. The first-order valence-corrected chi connectivity index (χ1v) is 5.61. The lowest BCUT2D eigenvalue weighted by molar-refractivity contribution is -0.137. The number of nitrogens with zero attached hydrogens (tertiary/aromatic N) is 1. The molecule has 1 rings (SSSR count). The zero-order chi connectivity index (χ0) is 11.3. The zero-order valence-electron chi connectivity index (χ0n) is 9.61. The topological polar surface area (TPSA) is 49.8 Å². The van der Waals surface area contributed by atoms with Crippen LogP contribution in [0.4, 0.5) is 0 Å². The number of rotatable bonds is 6. The molecule has 4 heteroatoms. The van der Waals surface area contributed by atoms with Gasteiger partial charge in [-0.3, -0.25) is 4.79 Å². The van der Waals surface area contributed by atoms with Crippen molar-refractivity contribution in [2.45, 2.75) is 32.2 Å². The SMILES string of the molecule is CC(C1CCOC1)N(C)CCCC(=O)O. The van der Waals surface area contributed by atoms with Crippen molar-refractivity contribution in [3.63, 3.8) is 0 Å². The summed E-state index contributed by atoms with van der Waals surface area (Å²) in [4.78, 5) is 12.6. The van der Waals surface area contributed by atoms with E-state index in [4.69, 9.17) is 9.84 Å². The van der Waals surface area contributed by atoms with Crippen LogP contribution in [0.3, 0.4) is 0 Å². The molecule has 1 aliphatic rings. The molecular weight excluding hydrogens is 194 g/mol. The Balaban J connectivity index is 2.19. The second kappa shape index (κ2) is 6.08. The third-order valence-corrected chi connectivity index (χ3v) is 3.24.